The second kappa shape index (κ2) is 6.52. The number of fused-ring (bicyclic) bond motifs is 1. The number of phenolic OH excluding ortho intramolecular Hbond substituents is 1. The molecule has 1 aromatic heterocycles. The summed E-state index contributed by atoms with van der Waals surface area (Å²) in [5.74, 6) is 2.12. The van der Waals surface area contributed by atoms with Crippen LogP contribution in [0.2, 0.25) is 10.0 Å². The van der Waals surface area contributed by atoms with Gasteiger partial charge in [0.2, 0.25) is 0 Å². The van der Waals surface area contributed by atoms with E-state index in [1.807, 2.05) is 0 Å². The summed E-state index contributed by atoms with van der Waals surface area (Å²) < 4.78 is 7.52. The molecular weight excluding hydrogens is 351 g/mol. The van der Waals surface area contributed by atoms with Crippen LogP contribution in [0.15, 0.2) is 12.1 Å². The number of aromatic nitrogens is 3. The van der Waals surface area contributed by atoms with E-state index in [0.717, 1.165) is 44.5 Å². The highest BCUT2D eigenvalue weighted by Crippen LogP contribution is 2.41. The molecule has 0 spiro atoms. The van der Waals surface area contributed by atoms with Gasteiger partial charge >= 0.3 is 0 Å². The maximum absolute atomic E-state index is 10.2. The molecule has 4 rings (SSSR count). The van der Waals surface area contributed by atoms with Crippen LogP contribution in [0.4, 0.5) is 0 Å². The van der Waals surface area contributed by atoms with Gasteiger partial charge in [0.25, 0.3) is 0 Å². The summed E-state index contributed by atoms with van der Waals surface area (Å²) in [5.41, 5.74) is 0.701. The van der Waals surface area contributed by atoms with Crippen molar-refractivity contribution in [2.45, 2.75) is 25.4 Å². The molecule has 1 aromatic carbocycles. The van der Waals surface area contributed by atoms with Crippen molar-refractivity contribution in [3.63, 3.8) is 0 Å². The summed E-state index contributed by atoms with van der Waals surface area (Å²) in [7, 11) is 0. The topological polar surface area (TPSA) is 63.4 Å². The lowest BCUT2D eigenvalue weighted by atomic mass is 9.96. The third-order valence-electron chi connectivity index (χ3n) is 4.72. The zero-order valence-corrected chi connectivity index (χ0v) is 14.6. The number of rotatable bonds is 3. The first-order chi connectivity index (χ1) is 11.6. The Morgan fingerprint density at radius 1 is 1.21 bits per heavy atom. The molecule has 1 atom stereocenters. The van der Waals surface area contributed by atoms with Gasteiger partial charge in [0.15, 0.2) is 0 Å². The highest BCUT2D eigenvalue weighted by Gasteiger charge is 2.31. The number of benzene rings is 1. The fraction of sp³-hybridized carbons (Fsp3) is 0.500. The molecule has 3 heterocycles. The van der Waals surface area contributed by atoms with Gasteiger partial charge in [0.05, 0.1) is 29.8 Å². The Labute approximate surface area is 149 Å². The van der Waals surface area contributed by atoms with Crippen molar-refractivity contribution in [1.29, 1.82) is 0 Å². The van der Waals surface area contributed by atoms with Crippen LogP contribution in [0.1, 0.15) is 23.1 Å². The van der Waals surface area contributed by atoms with E-state index >= 15 is 0 Å². The van der Waals surface area contributed by atoms with Crippen molar-refractivity contribution in [3.8, 4) is 5.75 Å². The Morgan fingerprint density at radius 2 is 2.00 bits per heavy atom. The average molecular weight is 369 g/mol. The van der Waals surface area contributed by atoms with Gasteiger partial charge in [-0.05, 0) is 12.1 Å². The van der Waals surface area contributed by atoms with E-state index < -0.39 is 0 Å². The molecule has 2 aromatic rings. The predicted molar refractivity (Wildman–Crippen MR) is 90.7 cm³/mol. The molecule has 1 unspecified atom stereocenters. The lowest BCUT2D eigenvalue weighted by molar-refractivity contribution is 0.0325. The van der Waals surface area contributed by atoms with Crippen LogP contribution in [-0.2, 0) is 24.2 Å². The first-order valence-electron chi connectivity index (χ1n) is 8.01. The minimum atomic E-state index is 0.0603. The van der Waals surface area contributed by atoms with Crippen molar-refractivity contribution in [2.24, 2.45) is 0 Å². The molecule has 0 saturated carbocycles. The Morgan fingerprint density at radius 3 is 2.79 bits per heavy atom. The molecule has 0 amide bonds. The number of morpholine rings is 1. The zero-order valence-electron chi connectivity index (χ0n) is 13.1. The molecule has 128 valence electrons. The van der Waals surface area contributed by atoms with E-state index in [1.54, 1.807) is 12.1 Å². The highest BCUT2D eigenvalue weighted by molar-refractivity contribution is 6.42. The molecule has 0 bridgehead atoms. The normalized spacial score (nSPS) is 21.2. The summed E-state index contributed by atoms with van der Waals surface area (Å²) in [6, 6.07) is 3.21. The summed E-state index contributed by atoms with van der Waals surface area (Å²) in [4.78, 5) is 2.32. The largest absolute Gasteiger partial charge is 0.508 e. The number of hydrogen-bond acceptors (Lipinski definition) is 5. The van der Waals surface area contributed by atoms with Crippen molar-refractivity contribution < 1.29 is 9.84 Å². The second-order valence-corrected chi connectivity index (χ2v) is 7.01. The molecule has 2 aliphatic heterocycles. The molecular formula is C16H18Cl2N4O2. The van der Waals surface area contributed by atoms with E-state index in [-0.39, 0.29) is 11.7 Å². The first-order valence-corrected chi connectivity index (χ1v) is 8.77. The van der Waals surface area contributed by atoms with Crippen LogP contribution >= 0.6 is 23.2 Å². The number of hydrogen-bond donors (Lipinski definition) is 1. The zero-order chi connectivity index (χ0) is 16.7. The fourth-order valence-electron chi connectivity index (χ4n) is 3.45. The lowest BCUT2D eigenvalue weighted by Crippen LogP contribution is -2.36. The maximum Gasteiger partial charge on any atom is 0.147 e. The van der Waals surface area contributed by atoms with Crippen LogP contribution in [0.3, 0.4) is 0 Å². The minimum Gasteiger partial charge on any atom is -0.508 e. The van der Waals surface area contributed by atoms with Crippen LogP contribution < -0.4 is 0 Å². The number of phenols is 1. The van der Waals surface area contributed by atoms with E-state index in [1.165, 1.54) is 0 Å². The van der Waals surface area contributed by atoms with Gasteiger partial charge in [0.1, 0.15) is 17.4 Å². The van der Waals surface area contributed by atoms with E-state index in [0.29, 0.717) is 28.6 Å². The number of aromatic hydroxyl groups is 1. The Hall–Kier alpha value is -1.34. The molecule has 0 radical (unpaired) electrons. The lowest BCUT2D eigenvalue weighted by Gasteiger charge is -2.26. The minimum absolute atomic E-state index is 0.0603. The first kappa shape index (κ1) is 16.1. The van der Waals surface area contributed by atoms with Crippen LogP contribution in [0.25, 0.3) is 0 Å². The molecule has 24 heavy (non-hydrogen) atoms. The molecule has 6 nitrogen and oxygen atoms in total. The SMILES string of the molecule is Oc1ccc(Cl)c(Cl)c1C1Cc2nnc(CN3CCOCC3)n2C1. The molecule has 8 heteroatoms. The summed E-state index contributed by atoms with van der Waals surface area (Å²) >= 11 is 12.4. The standard InChI is InChI=1S/C16H18Cl2N4O2/c17-11-1-2-12(23)15(16(11)18)10-7-13-19-20-14(22(13)8-10)9-21-3-5-24-6-4-21/h1-2,10,23H,3-9H2. The Balaban J connectivity index is 1.56. The number of ether oxygens (including phenoxy) is 1. The van der Waals surface area contributed by atoms with E-state index in [4.69, 9.17) is 27.9 Å². The maximum atomic E-state index is 10.2. The Kier molecular flexibility index (Phi) is 4.39. The molecule has 0 aliphatic carbocycles. The van der Waals surface area contributed by atoms with Gasteiger partial charge in [-0.15, -0.1) is 10.2 Å². The van der Waals surface area contributed by atoms with Crippen molar-refractivity contribution in [3.05, 3.63) is 39.4 Å². The average Bonchev–Trinajstić information content (AvgIpc) is 3.15. The number of halogens is 2. The molecule has 1 N–H and O–H groups in total. The van der Waals surface area contributed by atoms with Gasteiger partial charge in [-0.2, -0.15) is 0 Å². The van der Waals surface area contributed by atoms with Crippen molar-refractivity contribution in [1.82, 2.24) is 19.7 Å². The van der Waals surface area contributed by atoms with Crippen LogP contribution in [0.5, 0.6) is 5.75 Å². The van der Waals surface area contributed by atoms with Gasteiger partial charge in [0, 0.05) is 37.5 Å². The van der Waals surface area contributed by atoms with Crippen molar-refractivity contribution in [2.75, 3.05) is 26.3 Å². The monoisotopic (exact) mass is 368 g/mol. The molecule has 1 fully saturated rings. The summed E-state index contributed by atoms with van der Waals surface area (Å²) in [6.07, 6.45) is 0.698. The fourth-order valence-corrected chi connectivity index (χ4v) is 3.93. The quantitative estimate of drug-likeness (QED) is 0.901. The predicted octanol–water partition coefficient (Wildman–Crippen LogP) is 2.46. The van der Waals surface area contributed by atoms with E-state index in [9.17, 15) is 5.11 Å². The third-order valence-corrected chi connectivity index (χ3v) is 5.54. The van der Waals surface area contributed by atoms with Gasteiger partial charge in [-0.3, -0.25) is 4.90 Å². The van der Waals surface area contributed by atoms with Crippen LogP contribution in [0, 0.1) is 0 Å². The second-order valence-electron chi connectivity index (χ2n) is 6.23. The summed E-state index contributed by atoms with van der Waals surface area (Å²) in [5, 5.41) is 19.7. The number of nitrogens with zero attached hydrogens (tertiary/aromatic N) is 4. The van der Waals surface area contributed by atoms with E-state index in [2.05, 4.69) is 19.7 Å². The summed E-state index contributed by atoms with van der Waals surface area (Å²) in [6.45, 7) is 4.80. The molecule has 1 saturated heterocycles. The molecule has 2 aliphatic rings. The van der Waals surface area contributed by atoms with Gasteiger partial charge in [-0.25, -0.2) is 0 Å². The Bertz CT molecular complexity index is 759. The smallest absolute Gasteiger partial charge is 0.147 e. The third kappa shape index (κ3) is 2.88. The van der Waals surface area contributed by atoms with Gasteiger partial charge < -0.3 is 14.4 Å². The van der Waals surface area contributed by atoms with Crippen molar-refractivity contribution >= 4 is 23.2 Å². The van der Waals surface area contributed by atoms with Crippen LogP contribution in [-0.4, -0.2) is 51.1 Å². The highest BCUT2D eigenvalue weighted by atomic mass is 35.5. The van der Waals surface area contributed by atoms with Gasteiger partial charge in [-0.1, -0.05) is 23.2 Å².